The molecule has 1 aromatic heterocycles. The molecule has 0 aliphatic rings. The van der Waals surface area contributed by atoms with Crippen LogP contribution in [0.5, 0.6) is 0 Å². The van der Waals surface area contributed by atoms with Crippen LogP contribution in [0.15, 0.2) is 12.5 Å². The Morgan fingerprint density at radius 2 is 1.61 bits per heavy atom. The Kier molecular flexibility index (Phi) is 11.0. The molecular weight excluding hydrogens is 440 g/mol. The number of hydrogen-bond acceptors (Lipinski definition) is 8. The number of aromatic nitrogens is 2. The highest BCUT2D eigenvalue weighted by molar-refractivity contribution is 5.92. The number of aromatic amines is 1. The maximum Gasteiger partial charge on any atom is 0.326 e. The molecule has 3 unspecified atom stereocenters. The maximum atomic E-state index is 12.7. The highest BCUT2D eigenvalue weighted by Crippen LogP contribution is 2.03. The molecule has 5 amide bonds. The van der Waals surface area contributed by atoms with E-state index < -0.39 is 60.2 Å². The van der Waals surface area contributed by atoms with E-state index in [1.165, 1.54) is 12.5 Å². The third-order valence-electron chi connectivity index (χ3n) is 4.39. The summed E-state index contributed by atoms with van der Waals surface area (Å²) in [5, 5.41) is 16.2. The second-order valence-electron chi connectivity index (χ2n) is 7.13. The number of imidazole rings is 1. The van der Waals surface area contributed by atoms with Crippen molar-refractivity contribution in [3.05, 3.63) is 18.2 Å². The number of carbonyl (C=O) groups is 6. The number of carboxylic acid groups (broad SMARTS) is 1. The minimum atomic E-state index is -1.41. The monoisotopic (exact) mass is 468 g/mol. The zero-order chi connectivity index (χ0) is 25.0. The first-order chi connectivity index (χ1) is 15.5. The highest BCUT2D eigenvalue weighted by Gasteiger charge is 2.27. The Labute approximate surface area is 188 Å². The minimum absolute atomic E-state index is 0.00444. The number of primary amides is 2. The van der Waals surface area contributed by atoms with Crippen LogP contribution in [0.4, 0.5) is 0 Å². The van der Waals surface area contributed by atoms with E-state index in [-0.39, 0.29) is 32.1 Å². The normalized spacial score (nSPS) is 13.2. The average molecular weight is 468 g/mol. The van der Waals surface area contributed by atoms with Crippen molar-refractivity contribution in [1.29, 1.82) is 0 Å². The lowest BCUT2D eigenvalue weighted by atomic mass is 10.1. The molecule has 11 N–H and O–H groups in total. The highest BCUT2D eigenvalue weighted by atomic mass is 16.4. The van der Waals surface area contributed by atoms with E-state index in [1.807, 2.05) is 0 Å². The molecule has 0 saturated heterocycles. The molecule has 0 spiro atoms. The van der Waals surface area contributed by atoms with Crippen molar-refractivity contribution in [2.75, 3.05) is 6.54 Å². The fourth-order valence-electron chi connectivity index (χ4n) is 2.61. The smallest absolute Gasteiger partial charge is 0.326 e. The van der Waals surface area contributed by atoms with E-state index in [2.05, 4.69) is 25.9 Å². The topological polar surface area (TPSA) is 265 Å². The summed E-state index contributed by atoms with van der Waals surface area (Å²) in [5.74, 6) is -5.03. The first kappa shape index (κ1) is 27.0. The van der Waals surface area contributed by atoms with Crippen LogP contribution in [0, 0.1) is 0 Å². The number of nitrogens with two attached hydrogens (primary N) is 3. The van der Waals surface area contributed by atoms with Crippen LogP contribution in [-0.4, -0.2) is 75.2 Å². The number of carboxylic acids is 1. The molecule has 15 nitrogen and oxygen atoms in total. The standard InChI is InChI=1S/C18H28N8O7/c19-10(1-3-13(20)27)16(30)23-7-15(29)25-12(5-9-6-22-8-24-9)17(31)26-11(18(32)33)2-4-14(21)28/h6,8,10-12H,1-5,7,19H2,(H2,20,27)(H2,21,28)(H,22,24)(H,23,30)(H,25,29)(H,26,31)(H,32,33). The van der Waals surface area contributed by atoms with Gasteiger partial charge < -0.3 is 43.2 Å². The van der Waals surface area contributed by atoms with Crippen LogP contribution >= 0.6 is 0 Å². The number of amides is 5. The van der Waals surface area contributed by atoms with Gasteiger partial charge in [-0.1, -0.05) is 0 Å². The number of hydrogen-bond donors (Lipinski definition) is 8. The van der Waals surface area contributed by atoms with Crippen molar-refractivity contribution in [3.8, 4) is 0 Å². The Bertz CT molecular complexity index is 858. The summed E-state index contributed by atoms with van der Waals surface area (Å²) in [4.78, 5) is 76.5. The number of nitrogens with zero attached hydrogens (tertiary/aromatic N) is 1. The fourth-order valence-corrected chi connectivity index (χ4v) is 2.61. The van der Waals surface area contributed by atoms with Gasteiger partial charge in [-0.25, -0.2) is 9.78 Å². The van der Waals surface area contributed by atoms with E-state index in [1.54, 1.807) is 0 Å². The van der Waals surface area contributed by atoms with E-state index in [4.69, 9.17) is 17.2 Å². The van der Waals surface area contributed by atoms with Crippen LogP contribution in [0.3, 0.4) is 0 Å². The van der Waals surface area contributed by atoms with Crippen LogP contribution in [0.1, 0.15) is 31.4 Å². The van der Waals surface area contributed by atoms with E-state index in [0.717, 1.165) is 0 Å². The molecule has 182 valence electrons. The summed E-state index contributed by atoms with van der Waals surface area (Å²) in [5.41, 5.74) is 16.1. The molecule has 0 fully saturated rings. The Hall–Kier alpha value is -4.01. The van der Waals surface area contributed by atoms with Gasteiger partial charge in [0, 0.05) is 31.2 Å². The summed E-state index contributed by atoms with van der Waals surface area (Å²) >= 11 is 0. The molecule has 0 saturated carbocycles. The van der Waals surface area contributed by atoms with Crippen molar-refractivity contribution in [2.45, 2.75) is 50.2 Å². The van der Waals surface area contributed by atoms with Gasteiger partial charge in [-0.15, -0.1) is 0 Å². The number of nitrogens with one attached hydrogen (secondary N) is 4. The second kappa shape index (κ2) is 13.4. The number of rotatable bonds is 15. The largest absolute Gasteiger partial charge is 0.480 e. The fraction of sp³-hybridized carbons (Fsp3) is 0.500. The van der Waals surface area contributed by atoms with E-state index >= 15 is 0 Å². The summed E-state index contributed by atoms with van der Waals surface area (Å²) in [7, 11) is 0. The van der Waals surface area contributed by atoms with E-state index in [0.29, 0.717) is 5.69 Å². The number of aliphatic carboxylic acids is 1. The zero-order valence-electron chi connectivity index (χ0n) is 17.7. The molecule has 0 aliphatic carbocycles. The third-order valence-corrected chi connectivity index (χ3v) is 4.39. The van der Waals surface area contributed by atoms with Crippen molar-refractivity contribution in [1.82, 2.24) is 25.9 Å². The molecule has 0 bridgehead atoms. The van der Waals surface area contributed by atoms with Gasteiger partial charge in [-0.05, 0) is 12.8 Å². The lowest BCUT2D eigenvalue weighted by molar-refractivity contribution is -0.142. The number of carbonyl (C=O) groups excluding carboxylic acids is 5. The van der Waals surface area contributed by atoms with Gasteiger partial charge in [0.1, 0.15) is 12.1 Å². The Morgan fingerprint density at radius 3 is 2.15 bits per heavy atom. The molecule has 0 radical (unpaired) electrons. The molecule has 0 aliphatic heterocycles. The Balaban J connectivity index is 2.75. The first-order valence-corrected chi connectivity index (χ1v) is 9.89. The average Bonchev–Trinajstić information content (AvgIpc) is 3.25. The first-order valence-electron chi connectivity index (χ1n) is 9.89. The van der Waals surface area contributed by atoms with Crippen LogP contribution in [0.2, 0.25) is 0 Å². The summed E-state index contributed by atoms with van der Waals surface area (Å²) < 4.78 is 0. The van der Waals surface area contributed by atoms with Crippen molar-refractivity contribution < 1.29 is 33.9 Å². The van der Waals surface area contributed by atoms with Crippen molar-refractivity contribution in [2.24, 2.45) is 17.2 Å². The molecule has 1 aromatic rings. The van der Waals surface area contributed by atoms with Gasteiger partial charge in [0.25, 0.3) is 0 Å². The van der Waals surface area contributed by atoms with Crippen LogP contribution in [-0.2, 0) is 35.2 Å². The van der Waals surface area contributed by atoms with Gasteiger partial charge in [0.2, 0.25) is 29.5 Å². The van der Waals surface area contributed by atoms with Gasteiger partial charge in [0.05, 0.1) is 18.9 Å². The Morgan fingerprint density at radius 1 is 0.970 bits per heavy atom. The zero-order valence-corrected chi connectivity index (χ0v) is 17.7. The SMILES string of the molecule is NC(=O)CCC(N)C(=O)NCC(=O)NC(Cc1cnc[nH]1)C(=O)NC(CCC(N)=O)C(=O)O. The molecular formula is C18H28N8O7. The van der Waals surface area contributed by atoms with Crippen LogP contribution < -0.4 is 33.2 Å². The van der Waals surface area contributed by atoms with Gasteiger partial charge in [-0.3, -0.25) is 24.0 Å². The van der Waals surface area contributed by atoms with Gasteiger partial charge >= 0.3 is 5.97 Å². The lowest BCUT2D eigenvalue weighted by Crippen LogP contribution is -2.54. The van der Waals surface area contributed by atoms with Crippen LogP contribution in [0.25, 0.3) is 0 Å². The van der Waals surface area contributed by atoms with Crippen molar-refractivity contribution >= 4 is 35.5 Å². The summed E-state index contributed by atoms with van der Waals surface area (Å²) in [6.07, 6.45) is 2.09. The lowest BCUT2D eigenvalue weighted by Gasteiger charge is -2.21. The number of H-pyrrole nitrogens is 1. The third kappa shape index (κ3) is 10.7. The summed E-state index contributed by atoms with van der Waals surface area (Å²) in [6.45, 7) is -0.528. The van der Waals surface area contributed by atoms with Crippen molar-refractivity contribution in [3.63, 3.8) is 0 Å². The maximum absolute atomic E-state index is 12.7. The molecule has 1 rings (SSSR count). The van der Waals surface area contributed by atoms with Gasteiger partial charge in [0.15, 0.2) is 0 Å². The predicted molar refractivity (Wildman–Crippen MR) is 112 cm³/mol. The molecule has 33 heavy (non-hydrogen) atoms. The minimum Gasteiger partial charge on any atom is -0.480 e. The van der Waals surface area contributed by atoms with E-state index in [9.17, 15) is 33.9 Å². The molecule has 0 aromatic carbocycles. The molecule has 1 heterocycles. The second-order valence-corrected chi connectivity index (χ2v) is 7.13. The van der Waals surface area contributed by atoms with Gasteiger partial charge in [-0.2, -0.15) is 0 Å². The molecule has 3 atom stereocenters. The molecule has 15 heteroatoms. The predicted octanol–water partition coefficient (Wildman–Crippen LogP) is -4.02. The quantitative estimate of drug-likeness (QED) is 0.124. The summed E-state index contributed by atoms with van der Waals surface area (Å²) in [6, 6.07) is -3.70.